The second-order valence-corrected chi connectivity index (χ2v) is 2.13. The molecule has 8 heavy (non-hydrogen) atoms. The number of amidine groups is 1. The smallest absolute Gasteiger partial charge is 0.123 e. The molecular formula is C5H12N2O. The first-order chi connectivity index (χ1) is 3.50. The molecule has 0 aliphatic carbocycles. The molecule has 0 atom stereocenters. The van der Waals surface area contributed by atoms with E-state index in [0.717, 1.165) is 0 Å². The molecule has 0 saturated carbocycles. The molecule has 0 spiro atoms. The number of nitrogens with one attached hydrogen (secondary N) is 1. The summed E-state index contributed by atoms with van der Waals surface area (Å²) in [6, 6.07) is 0. The molecule has 0 aromatic carbocycles. The second kappa shape index (κ2) is 2.13. The van der Waals surface area contributed by atoms with Crippen LogP contribution in [0.25, 0.3) is 0 Å². The van der Waals surface area contributed by atoms with Crippen LogP contribution in [0, 0.1) is 5.41 Å². The lowest BCUT2D eigenvalue weighted by Crippen LogP contribution is -2.38. The molecule has 0 radical (unpaired) electrons. The van der Waals surface area contributed by atoms with Gasteiger partial charge in [-0.1, -0.05) is 0 Å². The molecule has 0 bridgehead atoms. The summed E-state index contributed by atoms with van der Waals surface area (Å²) >= 11 is 0. The molecule has 0 rings (SSSR count). The van der Waals surface area contributed by atoms with Gasteiger partial charge in [0.2, 0.25) is 0 Å². The summed E-state index contributed by atoms with van der Waals surface area (Å²) in [6.45, 7) is 3.49. The van der Waals surface area contributed by atoms with Crippen molar-refractivity contribution >= 4 is 5.84 Å². The fraction of sp³-hybridized carbons (Fsp3) is 0.800. The van der Waals surface area contributed by atoms with Gasteiger partial charge in [-0.3, -0.25) is 5.41 Å². The minimum absolute atomic E-state index is 0.0556. The van der Waals surface area contributed by atoms with Crippen LogP contribution >= 0.6 is 0 Å². The second-order valence-electron chi connectivity index (χ2n) is 2.13. The van der Waals surface area contributed by atoms with E-state index in [9.17, 15) is 0 Å². The highest BCUT2D eigenvalue weighted by Gasteiger charge is 2.19. The highest BCUT2D eigenvalue weighted by Crippen LogP contribution is 2.04. The van der Waals surface area contributed by atoms with E-state index in [1.807, 2.05) is 0 Å². The normalized spacial score (nSPS) is 11.4. The molecule has 0 saturated heterocycles. The summed E-state index contributed by atoms with van der Waals surface area (Å²) < 4.78 is 4.85. The molecular weight excluding hydrogens is 104 g/mol. The minimum Gasteiger partial charge on any atom is -0.385 e. The maximum atomic E-state index is 6.95. The van der Waals surface area contributed by atoms with Crippen LogP contribution in [0.15, 0.2) is 0 Å². The molecule has 48 valence electrons. The van der Waals surface area contributed by atoms with Crippen molar-refractivity contribution in [2.45, 2.75) is 19.4 Å². The van der Waals surface area contributed by atoms with Crippen molar-refractivity contribution in [2.24, 2.45) is 5.73 Å². The van der Waals surface area contributed by atoms with Crippen LogP contribution in [-0.2, 0) is 4.74 Å². The quantitative estimate of drug-likeness (QED) is 0.404. The standard InChI is InChI=1S/C5H12N2O/c1-5(2,8-3)4(6)7/h1-3H3,(H3,6,7). The van der Waals surface area contributed by atoms with E-state index in [1.165, 1.54) is 7.11 Å². The third kappa shape index (κ3) is 1.50. The fourth-order valence-electron chi connectivity index (χ4n) is 0.110. The lowest BCUT2D eigenvalue weighted by molar-refractivity contribution is 0.0810. The van der Waals surface area contributed by atoms with Gasteiger partial charge < -0.3 is 10.5 Å². The summed E-state index contributed by atoms with van der Waals surface area (Å²) in [5, 5.41) is 6.95. The van der Waals surface area contributed by atoms with Gasteiger partial charge in [-0.15, -0.1) is 0 Å². The Morgan fingerprint density at radius 3 is 2.00 bits per heavy atom. The van der Waals surface area contributed by atoms with E-state index in [-0.39, 0.29) is 5.84 Å². The summed E-state index contributed by atoms with van der Waals surface area (Å²) in [4.78, 5) is 0. The number of hydrogen-bond donors (Lipinski definition) is 2. The zero-order chi connectivity index (χ0) is 6.78. The van der Waals surface area contributed by atoms with Gasteiger partial charge in [-0.2, -0.15) is 0 Å². The molecule has 0 aliphatic heterocycles. The Balaban J connectivity index is 3.91. The predicted octanol–water partition coefficient (Wildman–Crippen LogP) is 0.347. The van der Waals surface area contributed by atoms with Crippen molar-refractivity contribution in [1.29, 1.82) is 5.41 Å². The Labute approximate surface area is 49.3 Å². The molecule has 3 N–H and O–H groups in total. The lowest BCUT2D eigenvalue weighted by Gasteiger charge is -2.19. The monoisotopic (exact) mass is 116 g/mol. The van der Waals surface area contributed by atoms with Crippen molar-refractivity contribution in [3.8, 4) is 0 Å². The summed E-state index contributed by atoms with van der Waals surface area (Å²) in [5.41, 5.74) is 4.54. The van der Waals surface area contributed by atoms with Crippen molar-refractivity contribution in [3.05, 3.63) is 0 Å². The zero-order valence-electron chi connectivity index (χ0n) is 5.49. The summed E-state index contributed by atoms with van der Waals surface area (Å²) in [6.07, 6.45) is 0. The molecule has 0 heterocycles. The van der Waals surface area contributed by atoms with Crippen molar-refractivity contribution in [3.63, 3.8) is 0 Å². The van der Waals surface area contributed by atoms with Gasteiger partial charge in [0.05, 0.1) is 0 Å². The largest absolute Gasteiger partial charge is 0.385 e. The highest BCUT2D eigenvalue weighted by molar-refractivity contribution is 5.85. The van der Waals surface area contributed by atoms with E-state index < -0.39 is 5.60 Å². The van der Waals surface area contributed by atoms with Gasteiger partial charge in [0.1, 0.15) is 11.4 Å². The molecule has 3 heteroatoms. The molecule has 0 aromatic rings. The van der Waals surface area contributed by atoms with E-state index in [0.29, 0.717) is 0 Å². The van der Waals surface area contributed by atoms with Gasteiger partial charge in [-0.25, -0.2) is 0 Å². The van der Waals surface area contributed by atoms with Crippen molar-refractivity contribution in [1.82, 2.24) is 0 Å². The average molecular weight is 116 g/mol. The lowest BCUT2D eigenvalue weighted by atomic mass is 10.1. The van der Waals surface area contributed by atoms with Crippen LogP contribution in [0.4, 0.5) is 0 Å². The maximum absolute atomic E-state index is 6.95. The van der Waals surface area contributed by atoms with E-state index >= 15 is 0 Å². The average Bonchev–Trinajstić information content (AvgIpc) is 1.67. The van der Waals surface area contributed by atoms with Crippen LogP contribution in [0.1, 0.15) is 13.8 Å². The molecule has 0 amide bonds. The van der Waals surface area contributed by atoms with Gasteiger partial charge in [0.15, 0.2) is 0 Å². The molecule has 0 aliphatic rings. The third-order valence-corrected chi connectivity index (χ3v) is 1.16. The topological polar surface area (TPSA) is 59.1 Å². The first kappa shape index (κ1) is 7.43. The Morgan fingerprint density at radius 2 is 2.00 bits per heavy atom. The van der Waals surface area contributed by atoms with Gasteiger partial charge in [0.25, 0.3) is 0 Å². The molecule has 3 nitrogen and oxygen atoms in total. The number of ether oxygens (including phenoxy) is 1. The Bertz CT molecular complexity index is 98.6. The number of nitrogens with two attached hydrogens (primary N) is 1. The van der Waals surface area contributed by atoms with Crippen LogP contribution < -0.4 is 5.73 Å². The van der Waals surface area contributed by atoms with Crippen LogP contribution in [0.2, 0.25) is 0 Å². The predicted molar refractivity (Wildman–Crippen MR) is 33.0 cm³/mol. The maximum Gasteiger partial charge on any atom is 0.123 e. The van der Waals surface area contributed by atoms with E-state index in [4.69, 9.17) is 15.9 Å². The molecule has 0 fully saturated rings. The van der Waals surface area contributed by atoms with E-state index in [1.54, 1.807) is 13.8 Å². The highest BCUT2D eigenvalue weighted by atomic mass is 16.5. The van der Waals surface area contributed by atoms with Gasteiger partial charge >= 0.3 is 0 Å². The zero-order valence-corrected chi connectivity index (χ0v) is 5.49. The summed E-state index contributed by atoms with van der Waals surface area (Å²) in [7, 11) is 1.53. The first-order valence-electron chi connectivity index (χ1n) is 2.40. The first-order valence-corrected chi connectivity index (χ1v) is 2.40. The van der Waals surface area contributed by atoms with Gasteiger partial charge in [-0.05, 0) is 13.8 Å². The third-order valence-electron chi connectivity index (χ3n) is 1.16. The summed E-state index contributed by atoms with van der Waals surface area (Å²) in [5.74, 6) is 0.0556. The van der Waals surface area contributed by atoms with Crippen molar-refractivity contribution < 1.29 is 4.74 Å². The number of rotatable bonds is 2. The van der Waals surface area contributed by atoms with E-state index in [2.05, 4.69) is 0 Å². The number of methoxy groups -OCH3 is 1. The fourth-order valence-corrected chi connectivity index (χ4v) is 0.110. The minimum atomic E-state index is -0.597. The van der Waals surface area contributed by atoms with Crippen molar-refractivity contribution in [2.75, 3.05) is 7.11 Å². The molecule has 0 aromatic heterocycles. The van der Waals surface area contributed by atoms with Crippen LogP contribution in [0.5, 0.6) is 0 Å². The van der Waals surface area contributed by atoms with Gasteiger partial charge in [0, 0.05) is 7.11 Å². The number of hydrogen-bond acceptors (Lipinski definition) is 2. The molecule has 0 unspecified atom stereocenters. The Morgan fingerprint density at radius 1 is 1.62 bits per heavy atom. The SMILES string of the molecule is COC(C)(C)C(=N)N. The Kier molecular flexibility index (Phi) is 1.98. The Hall–Kier alpha value is -0.570. The van der Waals surface area contributed by atoms with Crippen LogP contribution in [-0.4, -0.2) is 18.5 Å². The van der Waals surface area contributed by atoms with Crippen LogP contribution in [0.3, 0.4) is 0 Å².